The van der Waals surface area contributed by atoms with E-state index in [0.717, 1.165) is 48.6 Å². The van der Waals surface area contributed by atoms with Crippen molar-refractivity contribution in [3.05, 3.63) is 46.8 Å². The summed E-state index contributed by atoms with van der Waals surface area (Å²) in [6.45, 7) is 8.14. The molecule has 0 aliphatic carbocycles. The van der Waals surface area contributed by atoms with Crippen LogP contribution in [-0.4, -0.2) is 40.3 Å². The molecule has 5 nitrogen and oxygen atoms in total. The topological polar surface area (TPSA) is 47.4 Å². The zero-order chi connectivity index (χ0) is 18.0. The Morgan fingerprint density at radius 1 is 1.24 bits per heavy atom. The molecule has 1 aromatic carbocycles. The molecule has 0 spiro atoms. The number of nitrogens with zero attached hydrogens (tertiary/aromatic N) is 3. The van der Waals surface area contributed by atoms with Crippen LogP contribution in [0.4, 0.5) is 0 Å². The maximum absolute atomic E-state index is 12.9. The molecule has 1 amide bonds. The Labute approximate surface area is 149 Å². The fourth-order valence-electron chi connectivity index (χ4n) is 3.48. The second kappa shape index (κ2) is 7.30. The fourth-order valence-corrected chi connectivity index (χ4v) is 3.48. The largest absolute Gasteiger partial charge is 0.493 e. The molecule has 0 bridgehead atoms. The van der Waals surface area contributed by atoms with E-state index in [1.54, 1.807) is 4.68 Å². The lowest BCUT2D eigenvalue weighted by Gasteiger charge is -2.32. The number of hydrogen-bond acceptors (Lipinski definition) is 3. The van der Waals surface area contributed by atoms with E-state index in [1.165, 1.54) is 5.56 Å². The van der Waals surface area contributed by atoms with Gasteiger partial charge < -0.3 is 9.64 Å². The van der Waals surface area contributed by atoms with Crippen molar-refractivity contribution in [1.82, 2.24) is 14.7 Å². The number of carbonyl (C=O) groups excluding carboxylic acids is 1. The van der Waals surface area contributed by atoms with Gasteiger partial charge in [-0.1, -0.05) is 17.7 Å². The second-order valence-electron chi connectivity index (χ2n) is 7.05. The molecule has 1 aliphatic heterocycles. The van der Waals surface area contributed by atoms with E-state index in [1.807, 2.05) is 37.9 Å². The van der Waals surface area contributed by atoms with Crippen LogP contribution >= 0.6 is 0 Å². The van der Waals surface area contributed by atoms with Crippen LogP contribution in [0.1, 0.15) is 40.2 Å². The van der Waals surface area contributed by atoms with Gasteiger partial charge in [-0.25, -0.2) is 0 Å². The van der Waals surface area contributed by atoms with Gasteiger partial charge in [0, 0.05) is 31.7 Å². The average molecular weight is 341 g/mol. The summed E-state index contributed by atoms with van der Waals surface area (Å²) in [7, 11) is 1.88. The van der Waals surface area contributed by atoms with Gasteiger partial charge >= 0.3 is 0 Å². The Bertz CT molecular complexity index is 749. The number of amides is 1. The van der Waals surface area contributed by atoms with Crippen LogP contribution in [0.2, 0.25) is 0 Å². The Morgan fingerprint density at radius 3 is 2.60 bits per heavy atom. The quantitative estimate of drug-likeness (QED) is 0.857. The predicted molar refractivity (Wildman–Crippen MR) is 98.0 cm³/mol. The van der Waals surface area contributed by atoms with E-state index >= 15 is 0 Å². The van der Waals surface area contributed by atoms with Crippen molar-refractivity contribution in [3.8, 4) is 5.75 Å². The van der Waals surface area contributed by atoms with E-state index in [-0.39, 0.29) is 5.91 Å². The second-order valence-corrected chi connectivity index (χ2v) is 7.05. The van der Waals surface area contributed by atoms with Gasteiger partial charge in [0.05, 0.1) is 17.9 Å². The van der Waals surface area contributed by atoms with E-state index in [2.05, 4.69) is 24.2 Å². The molecule has 3 rings (SSSR count). The normalized spacial score (nSPS) is 17.6. The highest BCUT2D eigenvalue weighted by Gasteiger charge is 2.28. The van der Waals surface area contributed by atoms with Crippen molar-refractivity contribution in [2.24, 2.45) is 13.0 Å². The average Bonchev–Trinajstić information content (AvgIpc) is 2.86. The van der Waals surface area contributed by atoms with Crippen molar-refractivity contribution >= 4 is 5.91 Å². The number of aryl methyl sites for hydroxylation is 3. The molecule has 0 radical (unpaired) electrons. The smallest absolute Gasteiger partial charge is 0.257 e. The van der Waals surface area contributed by atoms with Gasteiger partial charge in [0.15, 0.2) is 0 Å². The van der Waals surface area contributed by atoms with Crippen molar-refractivity contribution < 1.29 is 9.53 Å². The van der Waals surface area contributed by atoms with Gasteiger partial charge in [0.25, 0.3) is 5.91 Å². The number of hydrogen-bond donors (Lipinski definition) is 0. The fraction of sp³-hybridized carbons (Fsp3) is 0.500. The van der Waals surface area contributed by atoms with E-state index in [9.17, 15) is 4.79 Å². The van der Waals surface area contributed by atoms with Gasteiger partial charge in [-0.05, 0) is 45.7 Å². The van der Waals surface area contributed by atoms with Crippen LogP contribution in [0.5, 0.6) is 5.75 Å². The molecule has 1 saturated heterocycles. The molecule has 1 aromatic heterocycles. The summed E-state index contributed by atoms with van der Waals surface area (Å²) < 4.78 is 7.71. The molecule has 5 heteroatoms. The highest BCUT2D eigenvalue weighted by atomic mass is 16.5. The first-order valence-corrected chi connectivity index (χ1v) is 8.94. The van der Waals surface area contributed by atoms with Gasteiger partial charge in [0.1, 0.15) is 5.75 Å². The van der Waals surface area contributed by atoms with Crippen molar-refractivity contribution in [2.45, 2.75) is 33.6 Å². The minimum Gasteiger partial charge on any atom is -0.493 e. The van der Waals surface area contributed by atoms with E-state index in [0.29, 0.717) is 12.5 Å². The highest BCUT2D eigenvalue weighted by molar-refractivity contribution is 5.96. The molecule has 25 heavy (non-hydrogen) atoms. The first-order chi connectivity index (χ1) is 12.0. The highest BCUT2D eigenvalue weighted by Crippen LogP contribution is 2.22. The first kappa shape index (κ1) is 17.5. The van der Waals surface area contributed by atoms with Crippen molar-refractivity contribution in [1.29, 1.82) is 0 Å². The Morgan fingerprint density at radius 2 is 1.96 bits per heavy atom. The lowest BCUT2D eigenvalue weighted by atomic mass is 9.98. The monoisotopic (exact) mass is 341 g/mol. The van der Waals surface area contributed by atoms with E-state index in [4.69, 9.17) is 4.74 Å². The van der Waals surface area contributed by atoms with Gasteiger partial charge in [-0.2, -0.15) is 5.10 Å². The van der Waals surface area contributed by atoms with Crippen molar-refractivity contribution in [3.63, 3.8) is 0 Å². The number of piperidine rings is 1. The van der Waals surface area contributed by atoms with Crippen LogP contribution in [0.3, 0.4) is 0 Å². The Kier molecular flexibility index (Phi) is 5.11. The summed E-state index contributed by atoms with van der Waals surface area (Å²) in [5.74, 6) is 1.37. The molecule has 0 saturated carbocycles. The molecule has 134 valence electrons. The minimum absolute atomic E-state index is 0.100. The Balaban J connectivity index is 1.62. The maximum atomic E-state index is 12.9. The zero-order valence-corrected chi connectivity index (χ0v) is 15.6. The SMILES string of the molecule is Cc1ccc(OCC2CCCN(C(=O)c3c(C)nn(C)c3C)C2)cc1. The number of benzene rings is 1. The summed E-state index contributed by atoms with van der Waals surface area (Å²) >= 11 is 0. The molecule has 2 heterocycles. The molecular weight excluding hydrogens is 314 g/mol. The minimum atomic E-state index is 0.100. The number of aromatic nitrogens is 2. The summed E-state index contributed by atoms with van der Waals surface area (Å²) in [4.78, 5) is 14.9. The first-order valence-electron chi connectivity index (χ1n) is 8.94. The molecular formula is C20H27N3O2. The molecule has 2 aromatic rings. The molecule has 1 fully saturated rings. The van der Waals surface area contributed by atoms with E-state index < -0.39 is 0 Å². The molecule has 1 unspecified atom stereocenters. The number of carbonyl (C=O) groups is 1. The van der Waals surface area contributed by atoms with Crippen LogP contribution in [0.15, 0.2) is 24.3 Å². The summed E-state index contributed by atoms with van der Waals surface area (Å²) in [5, 5.41) is 4.37. The number of ether oxygens (including phenoxy) is 1. The zero-order valence-electron chi connectivity index (χ0n) is 15.6. The van der Waals surface area contributed by atoms with Gasteiger partial charge in [-0.15, -0.1) is 0 Å². The van der Waals surface area contributed by atoms with Crippen LogP contribution < -0.4 is 4.74 Å². The van der Waals surface area contributed by atoms with Crippen LogP contribution in [-0.2, 0) is 7.05 Å². The standard InChI is InChI=1S/C20H27N3O2/c1-14-7-9-18(10-8-14)25-13-17-6-5-11-23(12-17)20(24)19-15(2)21-22(4)16(19)3/h7-10,17H,5-6,11-13H2,1-4H3. The maximum Gasteiger partial charge on any atom is 0.257 e. The third-order valence-electron chi connectivity index (χ3n) is 5.04. The summed E-state index contributed by atoms with van der Waals surface area (Å²) in [6, 6.07) is 8.12. The number of likely N-dealkylation sites (tertiary alicyclic amines) is 1. The third-order valence-corrected chi connectivity index (χ3v) is 5.04. The molecule has 1 atom stereocenters. The third kappa shape index (κ3) is 3.86. The van der Waals surface area contributed by atoms with Crippen LogP contribution in [0.25, 0.3) is 0 Å². The summed E-state index contributed by atoms with van der Waals surface area (Å²) in [5.41, 5.74) is 3.72. The lowest BCUT2D eigenvalue weighted by Crippen LogP contribution is -2.42. The Hall–Kier alpha value is -2.30. The van der Waals surface area contributed by atoms with Crippen LogP contribution in [0, 0.1) is 26.7 Å². The van der Waals surface area contributed by atoms with Gasteiger partial charge in [-0.3, -0.25) is 9.48 Å². The number of rotatable bonds is 4. The van der Waals surface area contributed by atoms with Gasteiger partial charge in [0.2, 0.25) is 0 Å². The lowest BCUT2D eigenvalue weighted by molar-refractivity contribution is 0.0632. The summed E-state index contributed by atoms with van der Waals surface area (Å²) in [6.07, 6.45) is 2.12. The van der Waals surface area contributed by atoms with Crippen molar-refractivity contribution in [2.75, 3.05) is 19.7 Å². The predicted octanol–water partition coefficient (Wildman–Crippen LogP) is 3.28. The molecule has 1 aliphatic rings. The molecule has 0 N–H and O–H groups in total.